The van der Waals surface area contributed by atoms with Gasteiger partial charge in [0.05, 0.1) is 31.7 Å². The summed E-state index contributed by atoms with van der Waals surface area (Å²) in [7, 11) is -0.694. The molecule has 28 heavy (non-hydrogen) atoms. The number of anilines is 2. The minimum absolute atomic E-state index is 0.163. The lowest BCUT2D eigenvalue weighted by molar-refractivity contribution is 0.102. The standard InChI is InChI=1S/C19H24N2O5S2/c1-6-21(28(5,23)24)16-12-18(26-3)17(25-2)11-15(16)19(22)20-13-8-7-9-14(10-13)27-4/h7-12H,6H2,1-5H3,(H,20,22). The molecule has 7 nitrogen and oxygen atoms in total. The summed E-state index contributed by atoms with van der Waals surface area (Å²) in [6.45, 7) is 1.86. The minimum Gasteiger partial charge on any atom is -0.493 e. The Kier molecular flexibility index (Phi) is 7.20. The van der Waals surface area contributed by atoms with Crippen LogP contribution in [0.4, 0.5) is 11.4 Å². The number of nitrogens with zero attached hydrogens (tertiary/aromatic N) is 1. The van der Waals surface area contributed by atoms with Gasteiger partial charge in [-0.15, -0.1) is 11.8 Å². The van der Waals surface area contributed by atoms with E-state index in [1.807, 2.05) is 24.5 Å². The van der Waals surface area contributed by atoms with Gasteiger partial charge in [0.1, 0.15) is 0 Å². The first kappa shape index (κ1) is 21.9. The molecule has 0 aromatic heterocycles. The first-order chi connectivity index (χ1) is 13.2. The monoisotopic (exact) mass is 424 g/mol. The predicted molar refractivity (Wildman–Crippen MR) is 114 cm³/mol. The molecule has 0 aliphatic heterocycles. The summed E-state index contributed by atoms with van der Waals surface area (Å²) in [5.41, 5.74) is 1.00. The quantitative estimate of drug-likeness (QED) is 0.653. The zero-order chi connectivity index (χ0) is 20.9. The van der Waals surface area contributed by atoms with E-state index in [4.69, 9.17) is 9.47 Å². The van der Waals surface area contributed by atoms with E-state index in [2.05, 4.69) is 5.32 Å². The number of methoxy groups -OCH3 is 2. The van der Waals surface area contributed by atoms with Crippen LogP contribution in [0.5, 0.6) is 11.5 Å². The van der Waals surface area contributed by atoms with Gasteiger partial charge in [-0.1, -0.05) is 6.07 Å². The highest BCUT2D eigenvalue weighted by Gasteiger charge is 2.25. The van der Waals surface area contributed by atoms with Crippen molar-refractivity contribution >= 4 is 39.1 Å². The Morgan fingerprint density at radius 1 is 1.14 bits per heavy atom. The summed E-state index contributed by atoms with van der Waals surface area (Å²) in [5.74, 6) is 0.218. The van der Waals surface area contributed by atoms with Crippen LogP contribution in [0, 0.1) is 0 Å². The van der Waals surface area contributed by atoms with E-state index in [1.165, 1.54) is 26.4 Å². The van der Waals surface area contributed by atoms with Crippen LogP contribution in [0.3, 0.4) is 0 Å². The first-order valence-electron chi connectivity index (χ1n) is 8.44. The molecule has 152 valence electrons. The first-order valence-corrected chi connectivity index (χ1v) is 11.5. The van der Waals surface area contributed by atoms with E-state index < -0.39 is 15.9 Å². The van der Waals surface area contributed by atoms with E-state index in [1.54, 1.807) is 24.8 Å². The SMILES string of the molecule is CCN(c1cc(OC)c(OC)cc1C(=O)Nc1cccc(SC)c1)S(C)(=O)=O. The molecule has 0 spiro atoms. The summed E-state index contributed by atoms with van der Waals surface area (Å²) in [5, 5.41) is 2.82. The topological polar surface area (TPSA) is 84.9 Å². The van der Waals surface area contributed by atoms with Crippen molar-refractivity contribution in [1.82, 2.24) is 0 Å². The molecular formula is C19H24N2O5S2. The Bertz CT molecular complexity index is 961. The average Bonchev–Trinajstić information content (AvgIpc) is 2.66. The van der Waals surface area contributed by atoms with E-state index in [9.17, 15) is 13.2 Å². The molecule has 0 saturated heterocycles. The molecule has 1 N–H and O–H groups in total. The highest BCUT2D eigenvalue weighted by atomic mass is 32.2. The summed E-state index contributed by atoms with van der Waals surface area (Å²) in [6, 6.07) is 10.4. The van der Waals surface area contributed by atoms with Crippen LogP contribution in [0.15, 0.2) is 41.3 Å². The van der Waals surface area contributed by atoms with Crippen LogP contribution >= 0.6 is 11.8 Å². The number of carbonyl (C=O) groups excluding carboxylic acids is 1. The number of carbonyl (C=O) groups is 1. The second-order valence-corrected chi connectivity index (χ2v) is 8.62. The fourth-order valence-corrected chi connectivity index (χ4v) is 4.18. The third kappa shape index (κ3) is 4.90. The fraction of sp³-hybridized carbons (Fsp3) is 0.316. The van der Waals surface area contributed by atoms with Crippen molar-refractivity contribution in [2.75, 3.05) is 42.9 Å². The molecule has 1 amide bonds. The molecule has 2 aromatic rings. The van der Waals surface area contributed by atoms with Crippen molar-refractivity contribution in [3.8, 4) is 11.5 Å². The summed E-state index contributed by atoms with van der Waals surface area (Å²) in [4.78, 5) is 14.0. The second-order valence-electron chi connectivity index (χ2n) is 5.84. The van der Waals surface area contributed by atoms with Crippen molar-refractivity contribution in [1.29, 1.82) is 0 Å². The van der Waals surface area contributed by atoms with Gasteiger partial charge in [-0.3, -0.25) is 9.10 Å². The molecule has 9 heteroatoms. The van der Waals surface area contributed by atoms with Gasteiger partial charge in [0.2, 0.25) is 10.0 Å². The lowest BCUT2D eigenvalue weighted by Crippen LogP contribution is -2.31. The molecule has 0 aliphatic carbocycles. The lowest BCUT2D eigenvalue weighted by atomic mass is 10.1. The maximum absolute atomic E-state index is 13.0. The lowest BCUT2D eigenvalue weighted by Gasteiger charge is -2.24. The van der Waals surface area contributed by atoms with Crippen LogP contribution in [0.2, 0.25) is 0 Å². The second kappa shape index (κ2) is 9.20. The maximum atomic E-state index is 13.0. The van der Waals surface area contributed by atoms with Crippen LogP contribution < -0.4 is 19.1 Å². The molecule has 2 aromatic carbocycles. The van der Waals surface area contributed by atoms with Gasteiger partial charge in [-0.2, -0.15) is 0 Å². The maximum Gasteiger partial charge on any atom is 0.257 e. The molecule has 0 bridgehead atoms. The van der Waals surface area contributed by atoms with Crippen molar-refractivity contribution in [3.63, 3.8) is 0 Å². The predicted octanol–water partition coefficient (Wildman–Crippen LogP) is 3.46. The smallest absolute Gasteiger partial charge is 0.257 e. The van der Waals surface area contributed by atoms with E-state index in [-0.39, 0.29) is 17.8 Å². The highest BCUT2D eigenvalue weighted by Crippen LogP contribution is 2.36. The molecular weight excluding hydrogens is 400 g/mol. The Morgan fingerprint density at radius 2 is 1.79 bits per heavy atom. The largest absolute Gasteiger partial charge is 0.493 e. The van der Waals surface area contributed by atoms with Crippen molar-refractivity contribution < 1.29 is 22.7 Å². The molecule has 2 rings (SSSR count). The summed E-state index contributed by atoms with van der Waals surface area (Å²) in [6.07, 6.45) is 3.04. The van der Waals surface area contributed by atoms with Gasteiger partial charge in [-0.05, 0) is 37.4 Å². The van der Waals surface area contributed by atoms with Gasteiger partial charge >= 0.3 is 0 Å². The van der Waals surface area contributed by atoms with Gasteiger partial charge in [0.15, 0.2) is 11.5 Å². The van der Waals surface area contributed by atoms with Gasteiger partial charge < -0.3 is 14.8 Å². The van der Waals surface area contributed by atoms with Crippen molar-refractivity contribution in [3.05, 3.63) is 42.0 Å². The molecule has 0 saturated carbocycles. The molecule has 0 aliphatic rings. The molecule has 0 heterocycles. The zero-order valence-electron chi connectivity index (χ0n) is 16.5. The van der Waals surface area contributed by atoms with E-state index >= 15 is 0 Å². The number of amides is 1. The number of nitrogens with one attached hydrogen (secondary N) is 1. The Morgan fingerprint density at radius 3 is 2.32 bits per heavy atom. The van der Waals surface area contributed by atoms with E-state index in [0.29, 0.717) is 17.2 Å². The number of thioether (sulfide) groups is 1. The van der Waals surface area contributed by atoms with Gasteiger partial charge in [0, 0.05) is 23.2 Å². The summed E-state index contributed by atoms with van der Waals surface area (Å²) < 4.78 is 36.2. The highest BCUT2D eigenvalue weighted by molar-refractivity contribution is 7.98. The zero-order valence-corrected chi connectivity index (χ0v) is 18.1. The van der Waals surface area contributed by atoms with Gasteiger partial charge in [-0.25, -0.2) is 8.42 Å². The van der Waals surface area contributed by atoms with Crippen LogP contribution in [-0.4, -0.2) is 47.6 Å². The Hall–Kier alpha value is -2.39. The summed E-state index contributed by atoms with van der Waals surface area (Å²) >= 11 is 1.56. The third-order valence-electron chi connectivity index (χ3n) is 4.03. The third-order valence-corrected chi connectivity index (χ3v) is 6.01. The van der Waals surface area contributed by atoms with Crippen LogP contribution in [0.1, 0.15) is 17.3 Å². The number of benzene rings is 2. The average molecular weight is 425 g/mol. The number of sulfonamides is 1. The molecule has 0 atom stereocenters. The normalized spacial score (nSPS) is 11.0. The minimum atomic E-state index is -3.60. The number of hydrogen-bond acceptors (Lipinski definition) is 6. The number of rotatable bonds is 8. The van der Waals surface area contributed by atoms with Crippen LogP contribution in [0.25, 0.3) is 0 Å². The Balaban J connectivity index is 2.57. The fourth-order valence-electron chi connectivity index (χ4n) is 2.74. The molecule has 0 fully saturated rings. The number of ether oxygens (including phenoxy) is 2. The van der Waals surface area contributed by atoms with E-state index in [0.717, 1.165) is 15.5 Å². The Labute approximate surface area is 170 Å². The van der Waals surface area contributed by atoms with Crippen LogP contribution in [-0.2, 0) is 10.0 Å². The molecule has 0 unspecified atom stereocenters. The molecule has 0 radical (unpaired) electrons. The van der Waals surface area contributed by atoms with Gasteiger partial charge in [0.25, 0.3) is 5.91 Å². The number of hydrogen-bond donors (Lipinski definition) is 1. The van der Waals surface area contributed by atoms with Crippen molar-refractivity contribution in [2.24, 2.45) is 0 Å². The van der Waals surface area contributed by atoms with Crippen molar-refractivity contribution in [2.45, 2.75) is 11.8 Å².